The maximum atomic E-state index is 5.69. The molecule has 0 aromatic carbocycles. The maximum absolute atomic E-state index is 5.69. The Kier molecular flexibility index (Phi) is 3.54. The van der Waals surface area contributed by atoms with E-state index in [2.05, 4.69) is 32.4 Å². The van der Waals surface area contributed by atoms with Crippen LogP contribution in [0.3, 0.4) is 0 Å². The lowest BCUT2D eigenvalue weighted by Crippen LogP contribution is -2.17. The third kappa shape index (κ3) is 2.89. The fraction of sp³-hybridized carbons (Fsp3) is 0.182. The average molecular weight is 313 g/mol. The molecule has 0 radical (unpaired) electrons. The van der Waals surface area contributed by atoms with Crippen molar-refractivity contribution in [3.05, 3.63) is 32.9 Å². The van der Waals surface area contributed by atoms with Crippen LogP contribution in [0.15, 0.2) is 28.1 Å². The molecule has 0 saturated heterocycles. The first-order chi connectivity index (χ1) is 8.06. The number of aromatic nitrogens is 1. The van der Waals surface area contributed by atoms with Gasteiger partial charge in [0.2, 0.25) is 0 Å². The first-order valence-electron chi connectivity index (χ1n) is 5.02. The normalized spacial score (nSPS) is 10.5. The molecule has 0 amide bonds. The van der Waals surface area contributed by atoms with Crippen LogP contribution in [0.5, 0.6) is 0 Å². The van der Waals surface area contributed by atoms with Gasteiger partial charge in [-0.25, -0.2) is 4.98 Å². The van der Waals surface area contributed by atoms with Gasteiger partial charge in [-0.05, 0) is 34.1 Å². The third-order valence-corrected chi connectivity index (χ3v) is 4.03. The van der Waals surface area contributed by atoms with Crippen molar-refractivity contribution in [1.29, 1.82) is 0 Å². The van der Waals surface area contributed by atoms with Gasteiger partial charge in [-0.15, -0.1) is 11.3 Å². The van der Waals surface area contributed by atoms with Crippen LogP contribution in [0, 0.1) is 0 Å². The quantitative estimate of drug-likeness (QED) is 0.914. The van der Waals surface area contributed by atoms with Crippen LogP contribution in [0.25, 0.3) is 0 Å². The number of thiophene rings is 1. The van der Waals surface area contributed by atoms with Crippen LogP contribution in [0.2, 0.25) is 0 Å². The van der Waals surface area contributed by atoms with Crippen molar-refractivity contribution in [1.82, 2.24) is 4.98 Å². The molecule has 2 heterocycles. The summed E-state index contributed by atoms with van der Waals surface area (Å²) in [5, 5.41) is 2.06. The van der Waals surface area contributed by atoms with Crippen LogP contribution in [0.1, 0.15) is 4.88 Å². The van der Waals surface area contributed by atoms with E-state index in [0.717, 1.165) is 16.8 Å². The largest absolute Gasteiger partial charge is 0.396 e. The van der Waals surface area contributed by atoms with Crippen LogP contribution >= 0.6 is 27.3 Å². The first kappa shape index (κ1) is 12.2. The number of anilines is 3. The van der Waals surface area contributed by atoms with Crippen molar-refractivity contribution in [3.8, 4) is 0 Å². The van der Waals surface area contributed by atoms with Gasteiger partial charge in [-0.3, -0.25) is 0 Å². The third-order valence-electron chi connectivity index (χ3n) is 2.35. The highest BCUT2D eigenvalue weighted by Crippen LogP contribution is 2.23. The fourth-order valence-electron chi connectivity index (χ4n) is 1.44. The zero-order chi connectivity index (χ0) is 12.4. The van der Waals surface area contributed by atoms with E-state index in [-0.39, 0.29) is 0 Å². The lowest BCUT2D eigenvalue weighted by Gasteiger charge is -2.17. The van der Waals surface area contributed by atoms with Crippen LogP contribution in [-0.2, 0) is 6.54 Å². The SMILES string of the molecule is CN(Cc1cc(Br)cs1)c1ccc(N)c(N)n1. The van der Waals surface area contributed by atoms with Crippen molar-refractivity contribution >= 4 is 44.6 Å². The van der Waals surface area contributed by atoms with Crippen molar-refractivity contribution in [2.24, 2.45) is 0 Å². The number of pyridine rings is 1. The molecule has 17 heavy (non-hydrogen) atoms. The molecular formula is C11H13BrN4S. The van der Waals surface area contributed by atoms with Crippen LogP contribution in [0.4, 0.5) is 17.3 Å². The van der Waals surface area contributed by atoms with E-state index in [9.17, 15) is 0 Å². The maximum Gasteiger partial charge on any atom is 0.149 e. The van der Waals surface area contributed by atoms with Crippen LogP contribution in [-0.4, -0.2) is 12.0 Å². The van der Waals surface area contributed by atoms with E-state index in [0.29, 0.717) is 11.5 Å². The Bertz CT molecular complexity index is 526. The summed E-state index contributed by atoms with van der Waals surface area (Å²) in [6.07, 6.45) is 0. The topological polar surface area (TPSA) is 68.2 Å². The molecule has 0 fully saturated rings. The number of nitrogens with two attached hydrogens (primary N) is 2. The Morgan fingerprint density at radius 3 is 2.76 bits per heavy atom. The van der Waals surface area contributed by atoms with Crippen molar-refractivity contribution < 1.29 is 0 Å². The summed E-state index contributed by atoms with van der Waals surface area (Å²) in [5.41, 5.74) is 11.8. The monoisotopic (exact) mass is 312 g/mol. The molecule has 2 aromatic heterocycles. The Labute approximate surface area is 112 Å². The van der Waals surface area contributed by atoms with Crippen molar-refractivity contribution in [2.75, 3.05) is 23.4 Å². The van der Waals surface area contributed by atoms with E-state index < -0.39 is 0 Å². The molecule has 0 bridgehead atoms. The van der Waals surface area contributed by atoms with E-state index in [1.54, 1.807) is 17.4 Å². The second-order valence-corrected chi connectivity index (χ2v) is 5.64. The summed E-state index contributed by atoms with van der Waals surface area (Å²) >= 11 is 5.15. The summed E-state index contributed by atoms with van der Waals surface area (Å²) in [4.78, 5) is 7.54. The van der Waals surface area contributed by atoms with Crippen molar-refractivity contribution in [2.45, 2.75) is 6.54 Å². The Balaban J connectivity index is 2.14. The average Bonchev–Trinajstić information content (AvgIpc) is 2.68. The molecule has 0 atom stereocenters. The summed E-state index contributed by atoms with van der Waals surface area (Å²) < 4.78 is 1.11. The van der Waals surface area contributed by atoms with Gasteiger partial charge < -0.3 is 16.4 Å². The molecule has 4 N–H and O–H groups in total. The molecule has 2 rings (SSSR count). The second-order valence-electron chi connectivity index (χ2n) is 3.73. The van der Waals surface area contributed by atoms with Gasteiger partial charge in [0, 0.05) is 21.8 Å². The van der Waals surface area contributed by atoms with Crippen LogP contribution < -0.4 is 16.4 Å². The van der Waals surface area contributed by atoms with E-state index >= 15 is 0 Å². The number of rotatable bonds is 3. The minimum Gasteiger partial charge on any atom is -0.396 e. The number of hydrogen-bond acceptors (Lipinski definition) is 5. The minimum atomic E-state index is 0.377. The van der Waals surface area contributed by atoms with Gasteiger partial charge in [-0.1, -0.05) is 0 Å². The van der Waals surface area contributed by atoms with Gasteiger partial charge in [0.15, 0.2) is 0 Å². The molecule has 0 spiro atoms. The molecule has 90 valence electrons. The molecule has 0 aliphatic carbocycles. The standard InChI is InChI=1S/C11H13BrN4S/c1-16(5-8-4-7(12)6-17-8)10-3-2-9(13)11(14)15-10/h2-4,6H,5,13H2,1H3,(H2,14,15). The molecule has 0 saturated carbocycles. The molecular weight excluding hydrogens is 300 g/mol. The van der Waals surface area contributed by atoms with Gasteiger partial charge in [0.05, 0.1) is 12.2 Å². The van der Waals surface area contributed by atoms with Gasteiger partial charge in [0.1, 0.15) is 11.6 Å². The lowest BCUT2D eigenvalue weighted by molar-refractivity contribution is 0.914. The summed E-state index contributed by atoms with van der Waals surface area (Å²) in [7, 11) is 1.98. The highest BCUT2D eigenvalue weighted by Gasteiger charge is 2.07. The van der Waals surface area contributed by atoms with Gasteiger partial charge >= 0.3 is 0 Å². The van der Waals surface area contributed by atoms with Crippen molar-refractivity contribution in [3.63, 3.8) is 0 Å². The van der Waals surface area contributed by atoms with Gasteiger partial charge in [0.25, 0.3) is 0 Å². The van der Waals surface area contributed by atoms with Gasteiger partial charge in [-0.2, -0.15) is 0 Å². The highest BCUT2D eigenvalue weighted by molar-refractivity contribution is 9.10. The highest BCUT2D eigenvalue weighted by atomic mass is 79.9. The number of halogens is 1. The number of hydrogen-bond donors (Lipinski definition) is 2. The molecule has 0 aliphatic heterocycles. The molecule has 4 nitrogen and oxygen atoms in total. The smallest absolute Gasteiger partial charge is 0.149 e. The number of nitrogen functional groups attached to an aromatic ring is 2. The number of nitrogens with zero attached hydrogens (tertiary/aromatic N) is 2. The predicted molar refractivity (Wildman–Crippen MR) is 77.2 cm³/mol. The predicted octanol–water partition coefficient (Wildman–Crippen LogP) is 2.71. The molecule has 6 heteroatoms. The van der Waals surface area contributed by atoms with E-state index in [4.69, 9.17) is 11.5 Å². The zero-order valence-electron chi connectivity index (χ0n) is 9.35. The second kappa shape index (κ2) is 4.93. The Hall–Kier alpha value is -1.27. The fourth-order valence-corrected chi connectivity index (χ4v) is 2.94. The Morgan fingerprint density at radius 1 is 1.41 bits per heavy atom. The first-order valence-corrected chi connectivity index (χ1v) is 6.69. The molecule has 0 aliphatic rings. The zero-order valence-corrected chi connectivity index (χ0v) is 11.8. The minimum absolute atomic E-state index is 0.377. The molecule has 0 unspecified atom stereocenters. The van der Waals surface area contributed by atoms with E-state index in [1.165, 1.54) is 4.88 Å². The summed E-state index contributed by atoms with van der Waals surface area (Å²) in [6, 6.07) is 5.74. The van der Waals surface area contributed by atoms with E-state index in [1.807, 2.05) is 18.0 Å². The summed E-state index contributed by atoms with van der Waals surface area (Å²) in [6.45, 7) is 0.798. The Morgan fingerprint density at radius 2 is 2.18 bits per heavy atom. The lowest BCUT2D eigenvalue weighted by atomic mass is 10.3. The summed E-state index contributed by atoms with van der Waals surface area (Å²) in [5.74, 6) is 1.20. The molecule has 2 aromatic rings.